The molecule has 1 heterocycles. The first kappa shape index (κ1) is 13.4. The molecule has 0 aliphatic carbocycles. The number of nitrogens with zero attached hydrogens (tertiary/aromatic N) is 1. The Balaban J connectivity index is 2.82. The lowest BCUT2D eigenvalue weighted by molar-refractivity contribution is -0.119. The number of hydrogen-bond donors (Lipinski definition) is 2. The first-order valence-electron chi connectivity index (χ1n) is 5.80. The third-order valence-electron chi connectivity index (χ3n) is 2.52. The molecule has 1 amide bonds. The van der Waals surface area contributed by atoms with Crippen LogP contribution in [0.25, 0.3) is 0 Å². The summed E-state index contributed by atoms with van der Waals surface area (Å²) in [5.41, 5.74) is 5.98. The summed E-state index contributed by atoms with van der Waals surface area (Å²) >= 11 is 0. The number of amides is 1. The van der Waals surface area contributed by atoms with Gasteiger partial charge < -0.3 is 15.6 Å². The number of hydrogen-bond acceptors (Lipinski definition) is 3. The summed E-state index contributed by atoms with van der Waals surface area (Å²) < 4.78 is 1.59. The number of aromatic nitrogens is 1. The van der Waals surface area contributed by atoms with Crippen molar-refractivity contribution in [3.05, 3.63) is 28.7 Å². The van der Waals surface area contributed by atoms with Crippen LogP contribution in [0.3, 0.4) is 0 Å². The summed E-state index contributed by atoms with van der Waals surface area (Å²) in [6.45, 7) is 4.71. The molecule has 94 valence electrons. The lowest BCUT2D eigenvalue weighted by atomic mass is 10.1. The molecular weight excluding hydrogens is 218 g/mol. The summed E-state index contributed by atoms with van der Waals surface area (Å²) in [6, 6.07) is 3.06. The zero-order valence-corrected chi connectivity index (χ0v) is 10.3. The van der Waals surface area contributed by atoms with Crippen LogP contribution in [0.4, 0.5) is 5.69 Å². The third-order valence-corrected chi connectivity index (χ3v) is 2.52. The van der Waals surface area contributed by atoms with Crippen LogP contribution >= 0.6 is 0 Å². The molecule has 0 spiro atoms. The first-order valence-corrected chi connectivity index (χ1v) is 5.80. The fraction of sp³-hybridized carbons (Fsp3) is 0.500. The van der Waals surface area contributed by atoms with Gasteiger partial charge in [-0.2, -0.15) is 0 Å². The minimum atomic E-state index is -0.235. The van der Waals surface area contributed by atoms with Gasteiger partial charge in [0.15, 0.2) is 0 Å². The molecule has 0 aliphatic heterocycles. The maximum absolute atomic E-state index is 11.6. The topological polar surface area (TPSA) is 77.1 Å². The van der Waals surface area contributed by atoms with Gasteiger partial charge in [0, 0.05) is 31.3 Å². The van der Waals surface area contributed by atoms with E-state index in [2.05, 4.69) is 5.32 Å². The van der Waals surface area contributed by atoms with Crippen LogP contribution in [0, 0.1) is 5.92 Å². The number of anilines is 1. The molecule has 0 radical (unpaired) electrons. The number of carbonyl (C=O) groups excluding carboxylic acids is 1. The molecule has 0 bridgehead atoms. The summed E-state index contributed by atoms with van der Waals surface area (Å²) in [6.07, 6.45) is 2.53. The van der Waals surface area contributed by atoms with Gasteiger partial charge in [0.2, 0.25) is 5.91 Å². The molecule has 0 saturated heterocycles. The molecular formula is C12H19N3O2. The van der Waals surface area contributed by atoms with E-state index in [0.29, 0.717) is 18.8 Å². The predicted octanol–water partition coefficient (Wildman–Crippen LogP) is 0.792. The van der Waals surface area contributed by atoms with Crippen LogP contribution in [-0.4, -0.2) is 17.0 Å². The zero-order valence-electron chi connectivity index (χ0n) is 10.3. The van der Waals surface area contributed by atoms with Gasteiger partial charge in [0.25, 0.3) is 5.56 Å². The van der Waals surface area contributed by atoms with Crippen molar-refractivity contribution in [3.63, 3.8) is 0 Å². The maximum Gasteiger partial charge on any atom is 0.250 e. The minimum Gasteiger partial charge on any atom is -0.330 e. The Bertz CT molecular complexity index is 440. The second-order valence-corrected chi connectivity index (χ2v) is 4.08. The summed E-state index contributed by atoms with van der Waals surface area (Å²) in [4.78, 5) is 23.1. The molecule has 0 aliphatic rings. The van der Waals surface area contributed by atoms with Crippen molar-refractivity contribution in [2.45, 2.75) is 26.8 Å². The smallest absolute Gasteiger partial charge is 0.250 e. The van der Waals surface area contributed by atoms with Crippen molar-refractivity contribution in [2.24, 2.45) is 11.7 Å². The molecule has 0 fully saturated rings. The molecule has 17 heavy (non-hydrogen) atoms. The molecule has 1 rings (SSSR count). The molecule has 3 N–H and O–H groups in total. The molecule has 1 aromatic rings. The Morgan fingerprint density at radius 1 is 1.53 bits per heavy atom. The van der Waals surface area contributed by atoms with Gasteiger partial charge in [-0.15, -0.1) is 0 Å². The normalized spacial score (nSPS) is 12.2. The van der Waals surface area contributed by atoms with E-state index in [-0.39, 0.29) is 17.4 Å². The average Bonchev–Trinajstić information content (AvgIpc) is 2.32. The molecule has 0 saturated carbocycles. The second-order valence-electron chi connectivity index (χ2n) is 4.08. The fourth-order valence-corrected chi connectivity index (χ4v) is 1.39. The Morgan fingerprint density at radius 3 is 2.82 bits per heavy atom. The van der Waals surface area contributed by atoms with Crippen LogP contribution in [-0.2, 0) is 11.3 Å². The standard InChI is InChI=1S/C12H19N3O2/c1-3-6-15-8-10(4-5-11(15)16)14-12(17)9(2)7-13/h4-5,8-9H,3,6-7,13H2,1-2H3,(H,14,17). The van der Waals surface area contributed by atoms with E-state index in [1.807, 2.05) is 6.92 Å². The van der Waals surface area contributed by atoms with Crippen LogP contribution in [0.2, 0.25) is 0 Å². The molecule has 5 nitrogen and oxygen atoms in total. The number of nitrogens with one attached hydrogen (secondary N) is 1. The van der Waals surface area contributed by atoms with E-state index in [9.17, 15) is 9.59 Å². The highest BCUT2D eigenvalue weighted by atomic mass is 16.2. The lowest BCUT2D eigenvalue weighted by Gasteiger charge is -2.11. The van der Waals surface area contributed by atoms with Crippen molar-refractivity contribution in [3.8, 4) is 0 Å². The minimum absolute atomic E-state index is 0.0586. The Hall–Kier alpha value is -1.62. The van der Waals surface area contributed by atoms with Gasteiger partial charge in [-0.25, -0.2) is 0 Å². The van der Waals surface area contributed by atoms with E-state index in [0.717, 1.165) is 6.42 Å². The number of rotatable bonds is 5. The predicted molar refractivity (Wildman–Crippen MR) is 67.8 cm³/mol. The van der Waals surface area contributed by atoms with Crippen molar-refractivity contribution in [1.82, 2.24) is 4.57 Å². The van der Waals surface area contributed by atoms with Gasteiger partial charge in [0.1, 0.15) is 0 Å². The SMILES string of the molecule is CCCn1cc(NC(=O)C(C)CN)ccc1=O. The van der Waals surface area contributed by atoms with Gasteiger partial charge in [-0.05, 0) is 12.5 Å². The van der Waals surface area contributed by atoms with Crippen molar-refractivity contribution in [1.29, 1.82) is 0 Å². The Morgan fingerprint density at radius 2 is 2.24 bits per heavy atom. The number of nitrogens with two attached hydrogens (primary N) is 1. The van der Waals surface area contributed by atoms with Crippen LogP contribution in [0.15, 0.2) is 23.1 Å². The second kappa shape index (κ2) is 6.20. The number of pyridine rings is 1. The number of carbonyl (C=O) groups is 1. The molecule has 1 atom stereocenters. The maximum atomic E-state index is 11.6. The quantitative estimate of drug-likeness (QED) is 0.795. The highest BCUT2D eigenvalue weighted by molar-refractivity contribution is 5.92. The van der Waals surface area contributed by atoms with E-state index >= 15 is 0 Å². The molecule has 5 heteroatoms. The summed E-state index contributed by atoms with van der Waals surface area (Å²) in [7, 11) is 0. The first-order chi connectivity index (χ1) is 8.08. The van der Waals surface area contributed by atoms with Gasteiger partial charge in [0.05, 0.1) is 5.69 Å². The van der Waals surface area contributed by atoms with E-state index in [4.69, 9.17) is 5.73 Å². The fourth-order valence-electron chi connectivity index (χ4n) is 1.39. The van der Waals surface area contributed by atoms with Gasteiger partial charge >= 0.3 is 0 Å². The monoisotopic (exact) mass is 237 g/mol. The van der Waals surface area contributed by atoms with E-state index in [1.54, 1.807) is 23.8 Å². The molecule has 1 aromatic heterocycles. The lowest BCUT2D eigenvalue weighted by Crippen LogP contribution is -2.27. The van der Waals surface area contributed by atoms with Crippen LogP contribution in [0.1, 0.15) is 20.3 Å². The average molecular weight is 237 g/mol. The zero-order chi connectivity index (χ0) is 12.8. The molecule has 0 aromatic carbocycles. The summed E-state index contributed by atoms with van der Waals surface area (Å²) in [5, 5.41) is 2.74. The van der Waals surface area contributed by atoms with E-state index < -0.39 is 0 Å². The molecule has 1 unspecified atom stereocenters. The van der Waals surface area contributed by atoms with Gasteiger partial charge in [-0.1, -0.05) is 13.8 Å². The Labute approximate surface area is 101 Å². The Kier molecular flexibility index (Phi) is 4.90. The van der Waals surface area contributed by atoms with E-state index in [1.165, 1.54) is 6.07 Å². The van der Waals surface area contributed by atoms with Crippen molar-refractivity contribution < 1.29 is 4.79 Å². The third kappa shape index (κ3) is 3.71. The highest BCUT2D eigenvalue weighted by Crippen LogP contribution is 2.06. The summed E-state index contributed by atoms with van der Waals surface area (Å²) in [5.74, 6) is -0.365. The van der Waals surface area contributed by atoms with Crippen LogP contribution in [0.5, 0.6) is 0 Å². The highest BCUT2D eigenvalue weighted by Gasteiger charge is 2.11. The van der Waals surface area contributed by atoms with Crippen molar-refractivity contribution in [2.75, 3.05) is 11.9 Å². The number of aryl methyl sites for hydroxylation is 1. The van der Waals surface area contributed by atoms with Gasteiger partial charge in [-0.3, -0.25) is 9.59 Å². The largest absolute Gasteiger partial charge is 0.330 e. The van der Waals surface area contributed by atoms with Crippen LogP contribution < -0.4 is 16.6 Å². The van der Waals surface area contributed by atoms with Crippen molar-refractivity contribution >= 4 is 11.6 Å².